The molecule has 0 radical (unpaired) electrons. The van der Waals surface area contributed by atoms with Crippen LogP contribution < -0.4 is 16.4 Å². The molecule has 1 fully saturated rings. The maximum atomic E-state index is 12.2. The number of nitrogen functional groups attached to an aromatic ring is 1. The number of anilines is 1. The minimum atomic E-state index is -0.0878. The lowest BCUT2D eigenvalue weighted by molar-refractivity contribution is -0.122. The number of nitrogens with two attached hydrogens (primary N) is 1. The van der Waals surface area contributed by atoms with E-state index in [0.717, 1.165) is 31.4 Å². The van der Waals surface area contributed by atoms with Gasteiger partial charge < -0.3 is 11.1 Å². The van der Waals surface area contributed by atoms with E-state index >= 15 is 0 Å². The Morgan fingerprint density at radius 3 is 2.91 bits per heavy atom. The van der Waals surface area contributed by atoms with Gasteiger partial charge in [-0.1, -0.05) is 30.3 Å². The second-order valence-corrected chi connectivity index (χ2v) is 6.72. The van der Waals surface area contributed by atoms with Crippen LogP contribution in [0.1, 0.15) is 36.6 Å². The molecule has 6 heteroatoms. The average molecular weight is 330 g/mol. The second-order valence-electron chi connectivity index (χ2n) is 5.83. The standard InChI is InChI=1S/C17H22N4OS/c18-17-20-13(11-23-17)7-4-10-19-16(22)15-9-8-14(21-15)12-5-2-1-3-6-12/h1-3,5-6,11,14-15,21H,4,7-10H2,(H2,18,20)(H,19,22)/t14-,15-/m1/s1. The Bertz CT molecular complexity index is 643. The van der Waals surface area contributed by atoms with E-state index in [-0.39, 0.29) is 18.0 Å². The van der Waals surface area contributed by atoms with E-state index < -0.39 is 0 Å². The van der Waals surface area contributed by atoms with E-state index in [9.17, 15) is 4.79 Å². The number of nitrogens with one attached hydrogen (secondary N) is 2. The minimum absolute atomic E-state index is 0.0878. The van der Waals surface area contributed by atoms with Gasteiger partial charge in [-0.2, -0.15) is 0 Å². The van der Waals surface area contributed by atoms with Gasteiger partial charge in [0.05, 0.1) is 11.7 Å². The molecule has 3 rings (SSSR count). The summed E-state index contributed by atoms with van der Waals surface area (Å²) in [6, 6.07) is 10.5. The second kappa shape index (κ2) is 7.57. The molecule has 2 atom stereocenters. The van der Waals surface area contributed by atoms with Crippen molar-refractivity contribution in [3.05, 3.63) is 47.0 Å². The highest BCUT2D eigenvalue weighted by Gasteiger charge is 2.29. The van der Waals surface area contributed by atoms with Gasteiger partial charge in [-0.05, 0) is 31.2 Å². The summed E-state index contributed by atoms with van der Waals surface area (Å²) in [6.45, 7) is 0.671. The molecule has 1 saturated heterocycles. The first-order valence-electron chi connectivity index (χ1n) is 8.01. The molecular formula is C17H22N4OS. The number of carbonyl (C=O) groups is 1. The molecule has 0 unspecified atom stereocenters. The van der Waals surface area contributed by atoms with Gasteiger partial charge in [0.25, 0.3) is 0 Å². The van der Waals surface area contributed by atoms with Crippen LogP contribution in [0.15, 0.2) is 35.7 Å². The Hall–Kier alpha value is -1.92. The first-order chi connectivity index (χ1) is 11.2. The number of carbonyl (C=O) groups excluding carboxylic acids is 1. The van der Waals surface area contributed by atoms with Gasteiger partial charge in [0.15, 0.2) is 5.13 Å². The largest absolute Gasteiger partial charge is 0.375 e. The lowest BCUT2D eigenvalue weighted by Crippen LogP contribution is -2.41. The van der Waals surface area contributed by atoms with Crippen molar-refractivity contribution in [3.63, 3.8) is 0 Å². The summed E-state index contributed by atoms with van der Waals surface area (Å²) in [5.74, 6) is 0.0984. The van der Waals surface area contributed by atoms with Crippen LogP contribution >= 0.6 is 11.3 Å². The number of hydrogen-bond acceptors (Lipinski definition) is 5. The van der Waals surface area contributed by atoms with Crippen LogP contribution in [0.3, 0.4) is 0 Å². The highest BCUT2D eigenvalue weighted by molar-refractivity contribution is 7.13. The Labute approximate surface area is 140 Å². The van der Waals surface area contributed by atoms with E-state index in [0.29, 0.717) is 11.7 Å². The zero-order chi connectivity index (χ0) is 16.1. The molecule has 1 aliphatic rings. The molecule has 5 nitrogen and oxygen atoms in total. The first-order valence-corrected chi connectivity index (χ1v) is 8.89. The smallest absolute Gasteiger partial charge is 0.237 e. The van der Waals surface area contributed by atoms with E-state index in [1.54, 1.807) is 0 Å². The monoisotopic (exact) mass is 330 g/mol. The van der Waals surface area contributed by atoms with Crippen molar-refractivity contribution in [3.8, 4) is 0 Å². The maximum Gasteiger partial charge on any atom is 0.237 e. The van der Waals surface area contributed by atoms with Crippen LogP contribution in [0.5, 0.6) is 0 Å². The fraction of sp³-hybridized carbons (Fsp3) is 0.412. The highest BCUT2D eigenvalue weighted by Crippen LogP contribution is 2.26. The molecule has 122 valence electrons. The molecular weight excluding hydrogens is 308 g/mol. The van der Waals surface area contributed by atoms with Gasteiger partial charge >= 0.3 is 0 Å². The Morgan fingerprint density at radius 2 is 2.17 bits per heavy atom. The molecule has 2 heterocycles. The van der Waals surface area contributed by atoms with Gasteiger partial charge in [0.1, 0.15) is 0 Å². The molecule has 1 amide bonds. The van der Waals surface area contributed by atoms with E-state index in [4.69, 9.17) is 5.73 Å². The van der Waals surface area contributed by atoms with Crippen LogP contribution in [0, 0.1) is 0 Å². The molecule has 1 aromatic carbocycles. The van der Waals surface area contributed by atoms with Crippen molar-refractivity contribution in [1.29, 1.82) is 0 Å². The molecule has 1 aromatic heterocycles. The molecule has 2 aromatic rings. The van der Waals surface area contributed by atoms with Crippen molar-refractivity contribution < 1.29 is 4.79 Å². The van der Waals surface area contributed by atoms with Crippen LogP contribution in [-0.2, 0) is 11.2 Å². The Morgan fingerprint density at radius 1 is 1.35 bits per heavy atom. The molecule has 23 heavy (non-hydrogen) atoms. The average Bonchev–Trinajstić information content (AvgIpc) is 3.21. The lowest BCUT2D eigenvalue weighted by atomic mass is 10.1. The van der Waals surface area contributed by atoms with Crippen LogP contribution in [0.2, 0.25) is 0 Å². The third-order valence-electron chi connectivity index (χ3n) is 4.14. The molecule has 0 bridgehead atoms. The number of aryl methyl sites for hydroxylation is 1. The van der Waals surface area contributed by atoms with Gasteiger partial charge in [-0.25, -0.2) is 4.98 Å². The number of thiazole rings is 1. The molecule has 1 aliphatic heterocycles. The molecule has 0 saturated carbocycles. The molecule has 0 aliphatic carbocycles. The van der Waals surface area contributed by atoms with Crippen molar-refractivity contribution in [2.75, 3.05) is 12.3 Å². The van der Waals surface area contributed by atoms with E-state index in [1.807, 2.05) is 23.6 Å². The first kappa shape index (κ1) is 16.0. The summed E-state index contributed by atoms with van der Waals surface area (Å²) < 4.78 is 0. The topological polar surface area (TPSA) is 80.0 Å². The quantitative estimate of drug-likeness (QED) is 0.710. The summed E-state index contributed by atoms with van der Waals surface area (Å²) in [5.41, 5.74) is 7.86. The maximum absolute atomic E-state index is 12.2. The summed E-state index contributed by atoms with van der Waals surface area (Å²) in [5, 5.41) is 9.02. The SMILES string of the molecule is Nc1nc(CCCNC(=O)[C@H]2CC[C@H](c3ccccc3)N2)cs1. The van der Waals surface area contributed by atoms with Crippen molar-refractivity contribution in [2.24, 2.45) is 0 Å². The fourth-order valence-electron chi connectivity index (χ4n) is 2.94. The predicted octanol–water partition coefficient (Wildman–Crippen LogP) is 2.27. The van der Waals surface area contributed by atoms with E-state index in [1.165, 1.54) is 16.9 Å². The van der Waals surface area contributed by atoms with Gasteiger partial charge in [0, 0.05) is 18.0 Å². The minimum Gasteiger partial charge on any atom is -0.375 e. The number of benzene rings is 1. The number of rotatable bonds is 6. The van der Waals surface area contributed by atoms with Crippen molar-refractivity contribution in [2.45, 2.75) is 37.8 Å². The van der Waals surface area contributed by atoms with Gasteiger partial charge in [-0.3, -0.25) is 10.1 Å². The normalized spacial score (nSPS) is 20.5. The third kappa shape index (κ3) is 4.30. The van der Waals surface area contributed by atoms with Crippen LogP contribution in [0.4, 0.5) is 5.13 Å². The van der Waals surface area contributed by atoms with Crippen molar-refractivity contribution >= 4 is 22.4 Å². The summed E-state index contributed by atoms with van der Waals surface area (Å²) in [6.07, 6.45) is 3.61. The fourth-order valence-corrected chi connectivity index (χ4v) is 3.54. The van der Waals surface area contributed by atoms with Crippen LogP contribution in [-0.4, -0.2) is 23.5 Å². The lowest BCUT2D eigenvalue weighted by Gasteiger charge is -2.14. The van der Waals surface area contributed by atoms with Crippen LogP contribution in [0.25, 0.3) is 0 Å². The van der Waals surface area contributed by atoms with E-state index in [2.05, 4.69) is 27.8 Å². The Kier molecular flexibility index (Phi) is 5.25. The third-order valence-corrected chi connectivity index (χ3v) is 4.87. The van der Waals surface area contributed by atoms with Gasteiger partial charge in [0.2, 0.25) is 5.91 Å². The summed E-state index contributed by atoms with van der Waals surface area (Å²) >= 11 is 1.46. The molecule has 0 spiro atoms. The molecule has 4 N–H and O–H groups in total. The van der Waals surface area contributed by atoms with Gasteiger partial charge in [-0.15, -0.1) is 11.3 Å². The number of nitrogens with zero attached hydrogens (tertiary/aromatic N) is 1. The Balaban J connectivity index is 1.39. The summed E-state index contributed by atoms with van der Waals surface area (Å²) in [7, 11) is 0. The van der Waals surface area contributed by atoms with Crippen molar-refractivity contribution in [1.82, 2.24) is 15.6 Å². The zero-order valence-electron chi connectivity index (χ0n) is 13.0. The highest BCUT2D eigenvalue weighted by atomic mass is 32.1. The number of hydrogen-bond donors (Lipinski definition) is 3. The number of aromatic nitrogens is 1. The number of amides is 1. The summed E-state index contributed by atoms with van der Waals surface area (Å²) in [4.78, 5) is 16.5. The zero-order valence-corrected chi connectivity index (χ0v) is 13.8. The predicted molar refractivity (Wildman–Crippen MR) is 93.2 cm³/mol.